The van der Waals surface area contributed by atoms with Gasteiger partial charge in [0.1, 0.15) is 5.75 Å². The maximum atomic E-state index is 12.0. The largest absolute Gasteiger partial charge is 0.493 e. The van der Waals surface area contributed by atoms with E-state index in [4.69, 9.17) is 4.74 Å². The Labute approximate surface area is 141 Å². The summed E-state index contributed by atoms with van der Waals surface area (Å²) in [5, 5.41) is 10.8. The molecule has 0 atom stereocenters. The van der Waals surface area contributed by atoms with Gasteiger partial charge in [-0.1, -0.05) is 18.2 Å². The van der Waals surface area contributed by atoms with Gasteiger partial charge in [0.15, 0.2) is 0 Å². The SMILES string of the molecule is Cc1cccc(C)c1OCCCC(=O)Nc1ccc2cn[nH]c2c1. The summed E-state index contributed by atoms with van der Waals surface area (Å²) in [7, 11) is 0. The van der Waals surface area contributed by atoms with Crippen LogP contribution in [0.15, 0.2) is 42.6 Å². The number of aryl methyl sites for hydroxylation is 2. The van der Waals surface area contributed by atoms with Crippen molar-refractivity contribution in [3.8, 4) is 5.75 Å². The summed E-state index contributed by atoms with van der Waals surface area (Å²) in [5.74, 6) is 0.904. The lowest BCUT2D eigenvalue weighted by Gasteiger charge is -2.11. The molecule has 0 fully saturated rings. The molecular weight excluding hydrogens is 302 g/mol. The lowest BCUT2D eigenvalue weighted by Crippen LogP contribution is -2.13. The van der Waals surface area contributed by atoms with Crippen molar-refractivity contribution in [2.45, 2.75) is 26.7 Å². The van der Waals surface area contributed by atoms with Gasteiger partial charge < -0.3 is 10.1 Å². The zero-order valence-corrected chi connectivity index (χ0v) is 13.9. The molecule has 0 spiro atoms. The molecule has 1 amide bonds. The molecule has 0 saturated heterocycles. The van der Waals surface area contributed by atoms with Gasteiger partial charge in [0.05, 0.1) is 18.3 Å². The zero-order valence-electron chi connectivity index (χ0n) is 13.9. The van der Waals surface area contributed by atoms with Crippen LogP contribution >= 0.6 is 0 Å². The molecule has 24 heavy (non-hydrogen) atoms. The summed E-state index contributed by atoms with van der Waals surface area (Å²) in [5.41, 5.74) is 3.92. The van der Waals surface area contributed by atoms with Crippen molar-refractivity contribution in [2.75, 3.05) is 11.9 Å². The van der Waals surface area contributed by atoms with E-state index in [1.807, 2.05) is 50.2 Å². The molecule has 0 aliphatic heterocycles. The van der Waals surface area contributed by atoms with Gasteiger partial charge in [-0.15, -0.1) is 0 Å². The number of carbonyl (C=O) groups excluding carboxylic acids is 1. The highest BCUT2D eigenvalue weighted by atomic mass is 16.5. The summed E-state index contributed by atoms with van der Waals surface area (Å²) in [4.78, 5) is 12.0. The average Bonchev–Trinajstić information content (AvgIpc) is 3.01. The van der Waals surface area contributed by atoms with Crippen LogP contribution < -0.4 is 10.1 Å². The highest BCUT2D eigenvalue weighted by Gasteiger charge is 2.06. The maximum Gasteiger partial charge on any atom is 0.224 e. The first-order valence-corrected chi connectivity index (χ1v) is 8.05. The first-order chi connectivity index (χ1) is 11.6. The monoisotopic (exact) mass is 323 g/mol. The maximum absolute atomic E-state index is 12.0. The number of ether oxygens (including phenoxy) is 1. The van der Waals surface area contributed by atoms with E-state index < -0.39 is 0 Å². The van der Waals surface area contributed by atoms with E-state index in [2.05, 4.69) is 15.5 Å². The molecule has 3 rings (SSSR count). The number of benzene rings is 2. The van der Waals surface area contributed by atoms with Crippen LogP contribution in [0.4, 0.5) is 5.69 Å². The van der Waals surface area contributed by atoms with E-state index >= 15 is 0 Å². The first-order valence-electron chi connectivity index (χ1n) is 8.05. The van der Waals surface area contributed by atoms with Crippen molar-refractivity contribution in [1.29, 1.82) is 0 Å². The summed E-state index contributed by atoms with van der Waals surface area (Å²) < 4.78 is 5.82. The molecule has 0 aliphatic rings. The van der Waals surface area contributed by atoms with Gasteiger partial charge in [-0.25, -0.2) is 0 Å². The van der Waals surface area contributed by atoms with E-state index in [9.17, 15) is 4.79 Å². The standard InChI is InChI=1S/C19H21N3O2/c1-13-5-3-6-14(2)19(13)24-10-4-7-18(23)21-16-9-8-15-12-20-22-17(15)11-16/h3,5-6,8-9,11-12H,4,7,10H2,1-2H3,(H,20,22)(H,21,23). The van der Waals surface area contributed by atoms with Crippen LogP contribution in [0.2, 0.25) is 0 Å². The van der Waals surface area contributed by atoms with Crippen molar-refractivity contribution in [2.24, 2.45) is 0 Å². The number of amides is 1. The number of H-pyrrole nitrogens is 1. The van der Waals surface area contributed by atoms with Gasteiger partial charge in [0.25, 0.3) is 0 Å². The zero-order chi connectivity index (χ0) is 16.9. The number of nitrogens with one attached hydrogen (secondary N) is 2. The Morgan fingerprint density at radius 2 is 2.00 bits per heavy atom. The molecule has 0 aliphatic carbocycles. The molecule has 0 radical (unpaired) electrons. The molecule has 2 aromatic carbocycles. The Morgan fingerprint density at radius 1 is 1.21 bits per heavy atom. The number of hydrogen-bond donors (Lipinski definition) is 2. The van der Waals surface area contributed by atoms with Crippen LogP contribution in [0, 0.1) is 13.8 Å². The van der Waals surface area contributed by atoms with Gasteiger partial charge in [0.2, 0.25) is 5.91 Å². The van der Waals surface area contributed by atoms with Gasteiger partial charge in [0, 0.05) is 17.5 Å². The third-order valence-electron chi connectivity index (χ3n) is 3.93. The lowest BCUT2D eigenvalue weighted by atomic mass is 10.1. The number of rotatable bonds is 6. The van der Waals surface area contributed by atoms with E-state index in [-0.39, 0.29) is 5.91 Å². The highest BCUT2D eigenvalue weighted by molar-refractivity contribution is 5.93. The fourth-order valence-corrected chi connectivity index (χ4v) is 2.67. The molecule has 5 nitrogen and oxygen atoms in total. The predicted molar refractivity (Wildman–Crippen MR) is 95.4 cm³/mol. The second kappa shape index (κ2) is 7.17. The molecule has 1 aromatic heterocycles. The number of hydrogen-bond acceptors (Lipinski definition) is 3. The minimum Gasteiger partial charge on any atom is -0.493 e. The van der Waals surface area contributed by atoms with Crippen molar-refractivity contribution >= 4 is 22.5 Å². The van der Waals surface area contributed by atoms with Crippen LogP contribution in [0.25, 0.3) is 10.9 Å². The average molecular weight is 323 g/mol. The van der Waals surface area contributed by atoms with Crippen LogP contribution in [0.3, 0.4) is 0 Å². The fraction of sp³-hybridized carbons (Fsp3) is 0.263. The van der Waals surface area contributed by atoms with Crippen LogP contribution in [-0.2, 0) is 4.79 Å². The number of aromatic amines is 1. The third kappa shape index (κ3) is 3.74. The highest BCUT2D eigenvalue weighted by Crippen LogP contribution is 2.22. The fourth-order valence-electron chi connectivity index (χ4n) is 2.67. The summed E-state index contributed by atoms with van der Waals surface area (Å²) in [6, 6.07) is 11.8. The van der Waals surface area contributed by atoms with E-state index in [1.54, 1.807) is 6.20 Å². The Morgan fingerprint density at radius 3 is 2.79 bits per heavy atom. The summed E-state index contributed by atoms with van der Waals surface area (Å²) >= 11 is 0. The lowest BCUT2D eigenvalue weighted by molar-refractivity contribution is -0.116. The second-order valence-corrected chi connectivity index (χ2v) is 5.89. The topological polar surface area (TPSA) is 67.0 Å². The van der Waals surface area contributed by atoms with Gasteiger partial charge in [-0.2, -0.15) is 5.10 Å². The number of nitrogens with zero attached hydrogens (tertiary/aromatic N) is 1. The molecule has 2 N–H and O–H groups in total. The normalized spacial score (nSPS) is 10.8. The van der Waals surface area contributed by atoms with Crippen molar-refractivity contribution < 1.29 is 9.53 Å². The Bertz CT molecular complexity index is 834. The number of anilines is 1. The quantitative estimate of drug-likeness (QED) is 0.674. The molecule has 0 bridgehead atoms. The van der Waals surface area contributed by atoms with Crippen molar-refractivity contribution in [1.82, 2.24) is 10.2 Å². The van der Waals surface area contributed by atoms with Crippen molar-refractivity contribution in [3.05, 3.63) is 53.7 Å². The second-order valence-electron chi connectivity index (χ2n) is 5.89. The molecule has 0 unspecified atom stereocenters. The van der Waals surface area contributed by atoms with Gasteiger partial charge >= 0.3 is 0 Å². The predicted octanol–water partition coefficient (Wildman–Crippen LogP) is 3.98. The first kappa shape index (κ1) is 16.1. The molecule has 124 valence electrons. The molecule has 5 heteroatoms. The molecule has 1 heterocycles. The number of para-hydroxylation sites is 1. The minimum absolute atomic E-state index is 0.0148. The van der Waals surface area contributed by atoms with Gasteiger partial charge in [-0.3, -0.25) is 9.89 Å². The third-order valence-corrected chi connectivity index (χ3v) is 3.93. The Kier molecular flexibility index (Phi) is 4.79. The smallest absolute Gasteiger partial charge is 0.224 e. The number of carbonyl (C=O) groups is 1. The Hall–Kier alpha value is -2.82. The summed E-state index contributed by atoms with van der Waals surface area (Å²) in [6.07, 6.45) is 2.85. The Balaban J connectivity index is 1.47. The van der Waals surface area contributed by atoms with Crippen LogP contribution in [-0.4, -0.2) is 22.7 Å². The minimum atomic E-state index is -0.0148. The molecular formula is C19H21N3O2. The van der Waals surface area contributed by atoms with Crippen LogP contribution in [0.5, 0.6) is 5.75 Å². The molecule has 3 aromatic rings. The molecule has 0 saturated carbocycles. The number of aromatic nitrogens is 2. The van der Waals surface area contributed by atoms with E-state index in [0.29, 0.717) is 19.4 Å². The van der Waals surface area contributed by atoms with Crippen molar-refractivity contribution in [3.63, 3.8) is 0 Å². The van der Waals surface area contributed by atoms with E-state index in [0.717, 1.165) is 33.5 Å². The number of fused-ring (bicyclic) bond motifs is 1. The van der Waals surface area contributed by atoms with Crippen LogP contribution in [0.1, 0.15) is 24.0 Å². The van der Waals surface area contributed by atoms with E-state index in [1.165, 1.54) is 0 Å². The summed E-state index contributed by atoms with van der Waals surface area (Å²) in [6.45, 7) is 4.58. The van der Waals surface area contributed by atoms with Gasteiger partial charge in [-0.05, 0) is 49.6 Å².